The molecule has 0 aliphatic carbocycles. The molecule has 0 atom stereocenters. The fourth-order valence-corrected chi connectivity index (χ4v) is 3.35. The minimum atomic E-state index is -6.23. The Hall–Kier alpha value is -1.73. The van der Waals surface area contributed by atoms with E-state index in [1.165, 1.54) is 0 Å². The number of rotatable bonds is 2. The first kappa shape index (κ1) is 20.6. The van der Waals surface area contributed by atoms with Crippen LogP contribution in [0.3, 0.4) is 0 Å². The summed E-state index contributed by atoms with van der Waals surface area (Å²) in [5.74, 6) is -3.50. The monoisotopic (exact) mass is 445 g/mol. The zero-order chi connectivity index (χ0) is 20.2. The molecule has 1 aromatic carbocycles. The number of aromatic nitrogens is 2. The third-order valence-electron chi connectivity index (χ3n) is 2.94. The molecule has 0 saturated carbocycles. The van der Waals surface area contributed by atoms with E-state index in [-0.39, 0.29) is 4.68 Å². The fourth-order valence-electron chi connectivity index (χ4n) is 1.84. The second-order valence-electron chi connectivity index (χ2n) is 4.65. The molecule has 1 aromatic heterocycles. The number of nitrogens with zero attached hydrogens (tertiary/aromatic N) is 2. The normalized spacial score (nSPS) is 13.3. The summed E-state index contributed by atoms with van der Waals surface area (Å²) in [4.78, 5) is -2.00. The van der Waals surface area contributed by atoms with E-state index in [2.05, 4.69) is 5.10 Å². The first-order valence-electron chi connectivity index (χ1n) is 6.01. The highest BCUT2D eigenvalue weighted by atomic mass is 35.5. The van der Waals surface area contributed by atoms with E-state index >= 15 is 0 Å². The molecular weight excluding hydrogens is 442 g/mol. The number of hydrogen-bond donors (Lipinski definition) is 1. The second-order valence-corrected chi connectivity index (χ2v) is 7.34. The van der Waals surface area contributed by atoms with Crippen LogP contribution in [0.5, 0.6) is 0 Å². The summed E-state index contributed by atoms with van der Waals surface area (Å²) in [6.07, 6.45) is -4.88. The summed E-state index contributed by atoms with van der Waals surface area (Å²) in [6.45, 7) is 0. The Balaban J connectivity index is 2.76. The molecule has 0 unspecified atom stereocenters. The molecule has 2 rings (SSSR count). The van der Waals surface area contributed by atoms with Crippen LogP contribution in [0.15, 0.2) is 17.0 Å². The quantitative estimate of drug-likeness (QED) is 0.702. The van der Waals surface area contributed by atoms with Gasteiger partial charge < -0.3 is 5.73 Å². The molecule has 1 heterocycles. The molecular formula is C11H4Cl2F7N3O2S. The predicted octanol–water partition coefficient (Wildman–Crippen LogP) is 4.21. The van der Waals surface area contributed by atoms with Crippen LogP contribution in [0.4, 0.5) is 36.6 Å². The largest absolute Gasteiger partial charge is 0.502 e. The number of halogens is 9. The minimum Gasteiger partial charge on any atom is -0.381 e. The number of benzene rings is 1. The Morgan fingerprint density at radius 2 is 1.50 bits per heavy atom. The third-order valence-corrected chi connectivity index (χ3v) is 5.04. The zero-order valence-corrected chi connectivity index (χ0v) is 14.1. The van der Waals surface area contributed by atoms with Crippen LogP contribution in [-0.4, -0.2) is 23.7 Å². The highest BCUT2D eigenvalue weighted by molar-refractivity contribution is 7.92. The lowest BCUT2D eigenvalue weighted by atomic mass is 10.2. The van der Waals surface area contributed by atoms with Crippen LogP contribution in [0.2, 0.25) is 10.0 Å². The SMILES string of the molecule is Nc1nn(-c2c(Cl)cc(C(F)(F)F)cc2Cl)c(F)c1S(=O)(=O)C(F)(F)F. The third kappa shape index (κ3) is 3.30. The van der Waals surface area contributed by atoms with Gasteiger partial charge in [0.15, 0.2) is 10.7 Å². The van der Waals surface area contributed by atoms with Gasteiger partial charge in [-0.15, -0.1) is 5.10 Å². The molecule has 2 aromatic rings. The van der Waals surface area contributed by atoms with Gasteiger partial charge in [0.25, 0.3) is 9.84 Å². The van der Waals surface area contributed by atoms with Crippen LogP contribution in [0, 0.1) is 5.95 Å². The molecule has 0 aliphatic heterocycles. The Kier molecular flexibility index (Phi) is 4.88. The Morgan fingerprint density at radius 1 is 1.04 bits per heavy atom. The van der Waals surface area contributed by atoms with E-state index in [9.17, 15) is 39.2 Å². The average Bonchev–Trinajstić information content (AvgIpc) is 2.71. The van der Waals surface area contributed by atoms with E-state index in [1.54, 1.807) is 0 Å². The van der Waals surface area contributed by atoms with Gasteiger partial charge in [0, 0.05) is 0 Å². The van der Waals surface area contributed by atoms with Crippen molar-refractivity contribution in [2.24, 2.45) is 0 Å². The Morgan fingerprint density at radius 3 is 1.88 bits per heavy atom. The predicted molar refractivity (Wildman–Crippen MR) is 76.2 cm³/mol. The number of hydrogen-bond acceptors (Lipinski definition) is 4. The van der Waals surface area contributed by atoms with Gasteiger partial charge in [-0.3, -0.25) is 0 Å². The van der Waals surface area contributed by atoms with Crippen molar-refractivity contribution in [1.29, 1.82) is 0 Å². The molecule has 0 aliphatic rings. The maximum Gasteiger partial charge on any atom is 0.502 e. The molecule has 0 radical (unpaired) electrons. The lowest BCUT2D eigenvalue weighted by Gasteiger charge is -2.12. The van der Waals surface area contributed by atoms with Gasteiger partial charge in [0.05, 0.1) is 15.6 Å². The van der Waals surface area contributed by atoms with Gasteiger partial charge in [-0.1, -0.05) is 23.2 Å². The van der Waals surface area contributed by atoms with Gasteiger partial charge in [-0.25, -0.2) is 13.1 Å². The lowest BCUT2D eigenvalue weighted by Crippen LogP contribution is -2.24. The van der Waals surface area contributed by atoms with Crippen molar-refractivity contribution in [2.45, 2.75) is 16.6 Å². The van der Waals surface area contributed by atoms with Crippen molar-refractivity contribution in [3.05, 3.63) is 33.7 Å². The van der Waals surface area contributed by atoms with Gasteiger partial charge in [0.1, 0.15) is 5.69 Å². The van der Waals surface area contributed by atoms with Crippen molar-refractivity contribution >= 4 is 38.9 Å². The first-order chi connectivity index (χ1) is 11.6. The molecule has 2 N–H and O–H groups in total. The van der Waals surface area contributed by atoms with Gasteiger partial charge >= 0.3 is 11.7 Å². The number of anilines is 1. The molecule has 0 fully saturated rings. The topological polar surface area (TPSA) is 78.0 Å². The van der Waals surface area contributed by atoms with E-state index < -0.39 is 59.5 Å². The Labute approximate surface area is 150 Å². The fraction of sp³-hybridized carbons (Fsp3) is 0.182. The highest BCUT2D eigenvalue weighted by Gasteiger charge is 2.51. The minimum absolute atomic E-state index is 0.126. The van der Waals surface area contributed by atoms with E-state index in [1.807, 2.05) is 0 Å². The standard InChI is InChI=1S/C11H4Cl2F7N3O2S/c12-4-1-3(10(15,16)17)2-5(13)6(4)23-8(14)7(9(21)22-23)26(24,25)11(18,19)20/h1-2H,(H2,21,22). The molecule has 0 spiro atoms. The number of nitrogens with two attached hydrogens (primary N) is 1. The van der Waals surface area contributed by atoms with Crippen molar-refractivity contribution in [2.75, 3.05) is 5.73 Å². The van der Waals surface area contributed by atoms with Crippen molar-refractivity contribution in [3.63, 3.8) is 0 Å². The summed E-state index contributed by atoms with van der Waals surface area (Å²) in [6, 6.07) is 0.607. The number of sulfone groups is 1. The van der Waals surface area contributed by atoms with Crippen LogP contribution in [-0.2, 0) is 16.0 Å². The molecule has 5 nitrogen and oxygen atoms in total. The second kappa shape index (κ2) is 6.16. The molecule has 0 bridgehead atoms. The smallest absolute Gasteiger partial charge is 0.381 e. The summed E-state index contributed by atoms with van der Waals surface area (Å²) in [7, 11) is -6.23. The van der Waals surface area contributed by atoms with Crippen molar-refractivity contribution in [3.8, 4) is 5.69 Å². The van der Waals surface area contributed by atoms with Crippen LogP contribution < -0.4 is 5.73 Å². The number of alkyl halides is 6. The van der Waals surface area contributed by atoms with Gasteiger partial charge in [-0.2, -0.15) is 30.7 Å². The van der Waals surface area contributed by atoms with Gasteiger partial charge in [-0.05, 0) is 12.1 Å². The van der Waals surface area contributed by atoms with Gasteiger partial charge in [0.2, 0.25) is 5.95 Å². The van der Waals surface area contributed by atoms with Crippen LogP contribution in [0.1, 0.15) is 5.56 Å². The molecule has 15 heteroatoms. The molecule has 0 amide bonds. The van der Waals surface area contributed by atoms with Crippen LogP contribution in [0.25, 0.3) is 5.69 Å². The van der Waals surface area contributed by atoms with Crippen molar-refractivity contribution < 1.29 is 39.2 Å². The van der Waals surface area contributed by atoms with Crippen molar-refractivity contribution in [1.82, 2.24) is 9.78 Å². The number of nitrogen functional groups attached to an aromatic ring is 1. The van der Waals surface area contributed by atoms with Crippen LogP contribution >= 0.6 is 23.2 Å². The Bertz CT molecular complexity index is 960. The first-order valence-corrected chi connectivity index (χ1v) is 8.25. The van der Waals surface area contributed by atoms with E-state index in [0.717, 1.165) is 0 Å². The van der Waals surface area contributed by atoms with E-state index in [0.29, 0.717) is 12.1 Å². The molecule has 0 saturated heterocycles. The summed E-state index contributed by atoms with van der Waals surface area (Å²) in [5.41, 5.74) is -3.01. The zero-order valence-electron chi connectivity index (χ0n) is 11.8. The molecule has 26 heavy (non-hydrogen) atoms. The average molecular weight is 446 g/mol. The summed E-state index contributed by atoms with van der Waals surface area (Å²) >= 11 is 11.2. The summed E-state index contributed by atoms with van der Waals surface area (Å²) < 4.78 is 113. The lowest BCUT2D eigenvalue weighted by molar-refractivity contribution is -0.137. The maximum atomic E-state index is 14.3. The highest BCUT2D eigenvalue weighted by Crippen LogP contribution is 2.40. The maximum absolute atomic E-state index is 14.3. The van der Waals surface area contributed by atoms with E-state index in [4.69, 9.17) is 28.9 Å². The summed E-state index contributed by atoms with van der Waals surface area (Å²) in [5, 5.41) is 1.35. The molecule has 144 valence electrons.